The van der Waals surface area contributed by atoms with Crippen LogP contribution in [0.3, 0.4) is 0 Å². The highest BCUT2D eigenvalue weighted by molar-refractivity contribution is 6.05. The summed E-state index contributed by atoms with van der Waals surface area (Å²) in [6.45, 7) is 2.78. The summed E-state index contributed by atoms with van der Waals surface area (Å²) in [7, 11) is 0. The monoisotopic (exact) mass is 391 g/mol. The van der Waals surface area contributed by atoms with Crippen LogP contribution in [0.25, 0.3) is 0 Å². The summed E-state index contributed by atoms with van der Waals surface area (Å²) in [4.78, 5) is 16.4. The molecule has 1 fully saturated rings. The van der Waals surface area contributed by atoms with Gasteiger partial charge in [0.2, 0.25) is 0 Å². The molecule has 0 saturated carbocycles. The highest BCUT2D eigenvalue weighted by Crippen LogP contribution is 2.24. The third-order valence-electron chi connectivity index (χ3n) is 3.66. The smallest absolute Gasteiger partial charge is 0.380 e. The minimum Gasteiger partial charge on any atom is -0.380 e. The van der Waals surface area contributed by atoms with Gasteiger partial charge in [0.05, 0.1) is 19.3 Å². The highest BCUT2D eigenvalue weighted by Gasteiger charge is 2.44. The van der Waals surface area contributed by atoms with Crippen LogP contribution in [0.1, 0.15) is 23.7 Å². The van der Waals surface area contributed by atoms with Crippen molar-refractivity contribution >= 4 is 11.9 Å². The minimum absolute atomic E-state index is 0.00819. The highest BCUT2D eigenvalue weighted by atomic mass is 19.4. The quantitative estimate of drug-likeness (QED) is 0.254. The van der Waals surface area contributed by atoms with Crippen LogP contribution >= 0.6 is 0 Å². The fourth-order valence-electron chi connectivity index (χ4n) is 2.30. The number of amides is 1. The van der Waals surface area contributed by atoms with Crippen molar-refractivity contribution in [3.8, 4) is 0 Å². The second-order valence-electron chi connectivity index (χ2n) is 5.70. The Labute approximate surface area is 153 Å². The SMILES string of the molecule is CCOCCN=C(NC(=O)c1ccc(F)cc1)NC1CC(C(F)(F)F)NN1. The number of carbonyl (C=O) groups is 1. The molecule has 1 amide bonds. The number of aliphatic imine (C=N–C) groups is 1. The van der Waals surface area contributed by atoms with Crippen LogP contribution in [0.4, 0.5) is 17.6 Å². The van der Waals surface area contributed by atoms with E-state index in [0.717, 1.165) is 12.1 Å². The molecule has 27 heavy (non-hydrogen) atoms. The zero-order valence-corrected chi connectivity index (χ0v) is 14.6. The topological polar surface area (TPSA) is 86.8 Å². The van der Waals surface area contributed by atoms with E-state index in [-0.39, 0.29) is 31.1 Å². The number of hydrogen-bond donors (Lipinski definition) is 4. The largest absolute Gasteiger partial charge is 0.405 e. The average molecular weight is 391 g/mol. The molecule has 0 aromatic heterocycles. The first-order valence-electron chi connectivity index (χ1n) is 8.33. The number of halogens is 4. The lowest BCUT2D eigenvalue weighted by Crippen LogP contribution is -2.51. The van der Waals surface area contributed by atoms with Gasteiger partial charge in [0, 0.05) is 18.6 Å². The Morgan fingerprint density at radius 3 is 2.59 bits per heavy atom. The fourth-order valence-corrected chi connectivity index (χ4v) is 2.30. The Hall–Kier alpha value is -2.24. The first-order chi connectivity index (χ1) is 12.8. The third-order valence-corrected chi connectivity index (χ3v) is 3.66. The molecule has 1 aliphatic heterocycles. The van der Waals surface area contributed by atoms with Crippen molar-refractivity contribution in [3.63, 3.8) is 0 Å². The lowest BCUT2D eigenvalue weighted by atomic mass is 10.2. The number of ether oxygens (including phenoxy) is 1. The lowest BCUT2D eigenvalue weighted by molar-refractivity contribution is -0.153. The second-order valence-corrected chi connectivity index (χ2v) is 5.70. The van der Waals surface area contributed by atoms with Crippen LogP contribution < -0.4 is 21.5 Å². The van der Waals surface area contributed by atoms with E-state index >= 15 is 0 Å². The molecule has 2 atom stereocenters. The number of nitrogens with zero attached hydrogens (tertiary/aromatic N) is 1. The number of benzene rings is 1. The number of hydrazine groups is 1. The molecule has 1 heterocycles. The molecule has 11 heteroatoms. The summed E-state index contributed by atoms with van der Waals surface area (Å²) in [6, 6.07) is 3.12. The van der Waals surface area contributed by atoms with Crippen molar-refractivity contribution in [2.24, 2.45) is 4.99 Å². The van der Waals surface area contributed by atoms with Crippen LogP contribution in [-0.2, 0) is 4.74 Å². The summed E-state index contributed by atoms with van der Waals surface area (Å²) in [5.74, 6) is -1.07. The van der Waals surface area contributed by atoms with Gasteiger partial charge in [0.1, 0.15) is 11.9 Å². The van der Waals surface area contributed by atoms with Crippen LogP contribution in [0.2, 0.25) is 0 Å². The van der Waals surface area contributed by atoms with Crippen molar-refractivity contribution in [2.75, 3.05) is 19.8 Å². The molecular formula is C16H21F4N5O2. The predicted octanol–water partition coefficient (Wildman–Crippen LogP) is 1.29. The molecule has 2 unspecified atom stereocenters. The summed E-state index contributed by atoms with van der Waals surface area (Å²) >= 11 is 0. The summed E-state index contributed by atoms with van der Waals surface area (Å²) in [6.07, 6.45) is -5.48. The molecule has 1 aromatic carbocycles. The zero-order valence-electron chi connectivity index (χ0n) is 14.6. The van der Waals surface area contributed by atoms with Gasteiger partial charge >= 0.3 is 6.18 Å². The zero-order chi connectivity index (χ0) is 19.9. The van der Waals surface area contributed by atoms with E-state index in [1.807, 2.05) is 6.92 Å². The van der Waals surface area contributed by atoms with Crippen LogP contribution in [0.5, 0.6) is 0 Å². The molecule has 150 valence electrons. The lowest BCUT2D eigenvalue weighted by Gasteiger charge is -2.17. The normalized spacial score (nSPS) is 20.6. The van der Waals surface area contributed by atoms with E-state index < -0.39 is 30.1 Å². The van der Waals surface area contributed by atoms with Gasteiger partial charge in [-0.1, -0.05) is 0 Å². The number of guanidine groups is 1. The number of nitrogens with one attached hydrogen (secondary N) is 4. The maximum Gasteiger partial charge on any atom is 0.405 e. The van der Waals surface area contributed by atoms with Crippen molar-refractivity contribution in [2.45, 2.75) is 31.7 Å². The molecule has 0 aliphatic carbocycles. The molecule has 1 aromatic rings. The molecular weight excluding hydrogens is 370 g/mol. The van der Waals surface area contributed by atoms with Crippen molar-refractivity contribution in [1.29, 1.82) is 0 Å². The van der Waals surface area contributed by atoms with Crippen LogP contribution in [-0.4, -0.2) is 50.0 Å². The van der Waals surface area contributed by atoms with Crippen LogP contribution in [0.15, 0.2) is 29.3 Å². The molecule has 4 N–H and O–H groups in total. The van der Waals surface area contributed by atoms with Crippen molar-refractivity contribution < 1.29 is 27.1 Å². The van der Waals surface area contributed by atoms with Gasteiger partial charge in [-0.3, -0.25) is 15.1 Å². The molecule has 0 radical (unpaired) electrons. The first kappa shape index (κ1) is 21.1. The minimum atomic E-state index is -4.40. The molecule has 0 bridgehead atoms. The van der Waals surface area contributed by atoms with Gasteiger partial charge in [0.15, 0.2) is 5.96 Å². The number of rotatable bonds is 6. The molecule has 2 rings (SSSR count). The molecule has 1 saturated heterocycles. The third kappa shape index (κ3) is 6.77. The average Bonchev–Trinajstić information content (AvgIpc) is 3.08. The van der Waals surface area contributed by atoms with E-state index in [1.54, 1.807) is 0 Å². The Bertz CT molecular complexity index is 651. The Morgan fingerprint density at radius 2 is 2.00 bits per heavy atom. The van der Waals surface area contributed by atoms with E-state index in [2.05, 4.69) is 26.5 Å². The first-order valence-corrected chi connectivity index (χ1v) is 8.33. The van der Waals surface area contributed by atoms with E-state index in [1.165, 1.54) is 12.1 Å². The van der Waals surface area contributed by atoms with Crippen molar-refractivity contribution in [3.05, 3.63) is 35.6 Å². The van der Waals surface area contributed by atoms with Gasteiger partial charge in [-0.2, -0.15) is 13.2 Å². The van der Waals surface area contributed by atoms with Gasteiger partial charge < -0.3 is 10.1 Å². The molecule has 1 aliphatic rings. The summed E-state index contributed by atoms with van der Waals surface area (Å²) in [5, 5.41) is 5.20. The Balaban J connectivity index is 2.00. The predicted molar refractivity (Wildman–Crippen MR) is 90.3 cm³/mol. The van der Waals surface area contributed by atoms with Gasteiger partial charge in [-0.25, -0.2) is 15.2 Å². The van der Waals surface area contributed by atoms with Crippen LogP contribution in [0, 0.1) is 5.82 Å². The van der Waals surface area contributed by atoms with Gasteiger partial charge in [-0.15, -0.1) is 0 Å². The van der Waals surface area contributed by atoms with Crippen molar-refractivity contribution in [1.82, 2.24) is 21.5 Å². The standard InChI is InChI=1S/C16H21F4N5O2/c1-2-27-8-7-21-15(22-13-9-12(24-25-13)16(18,19)20)23-14(26)10-3-5-11(17)6-4-10/h3-6,12-13,24-25H,2,7-9H2,1H3,(H2,21,22,23,26). The summed E-state index contributed by atoms with van der Waals surface area (Å²) in [5.41, 5.74) is 4.80. The van der Waals surface area contributed by atoms with E-state index in [4.69, 9.17) is 4.74 Å². The van der Waals surface area contributed by atoms with Gasteiger partial charge in [-0.05, 0) is 31.2 Å². The Morgan fingerprint density at radius 1 is 1.30 bits per heavy atom. The number of alkyl halides is 3. The second kappa shape index (κ2) is 9.62. The maximum atomic E-state index is 13.0. The summed E-state index contributed by atoms with van der Waals surface area (Å²) < 4.78 is 56.4. The van der Waals surface area contributed by atoms with E-state index in [9.17, 15) is 22.4 Å². The number of carbonyl (C=O) groups excluding carboxylic acids is 1. The molecule has 7 nitrogen and oxygen atoms in total. The maximum absolute atomic E-state index is 13.0. The van der Waals surface area contributed by atoms with E-state index in [0.29, 0.717) is 6.61 Å². The fraction of sp³-hybridized carbons (Fsp3) is 0.500. The Kier molecular flexibility index (Phi) is 7.51. The molecule has 0 spiro atoms. The number of hydrogen-bond acceptors (Lipinski definition) is 5. The van der Waals surface area contributed by atoms with Gasteiger partial charge in [0.25, 0.3) is 5.91 Å².